The molecule has 0 bridgehead atoms. The van der Waals surface area contributed by atoms with Crippen LogP contribution in [0.5, 0.6) is 0 Å². The summed E-state index contributed by atoms with van der Waals surface area (Å²) in [5.74, 6) is -0.0623. The lowest BCUT2D eigenvalue weighted by Crippen LogP contribution is -2.04. The van der Waals surface area contributed by atoms with Crippen molar-refractivity contribution >= 4 is 50.2 Å². The van der Waals surface area contributed by atoms with E-state index >= 15 is 0 Å². The Morgan fingerprint density at radius 3 is 1.79 bits per heavy atom. The zero-order valence-corrected chi connectivity index (χ0v) is 23.0. The maximum absolute atomic E-state index is 13.5. The minimum absolute atomic E-state index is 0.117. The van der Waals surface area contributed by atoms with Crippen LogP contribution in [0.3, 0.4) is 0 Å². The highest BCUT2D eigenvalue weighted by Gasteiger charge is 2.34. The van der Waals surface area contributed by atoms with Crippen molar-refractivity contribution < 1.29 is 9.59 Å². The van der Waals surface area contributed by atoms with Crippen LogP contribution in [-0.2, 0) is 0 Å². The first-order valence-corrected chi connectivity index (χ1v) is 14.4. The molecule has 6 heteroatoms. The van der Waals surface area contributed by atoms with Crippen molar-refractivity contribution in [3.05, 3.63) is 144 Å². The number of aromatic nitrogens is 3. The lowest BCUT2D eigenvalue weighted by molar-refractivity contribution is 0.0990. The van der Waals surface area contributed by atoms with Crippen LogP contribution in [0.1, 0.15) is 26.5 Å². The fourth-order valence-electron chi connectivity index (χ4n) is 5.54. The Kier molecular flexibility index (Phi) is 5.55. The number of carbonyl (C=O) groups is 2. The molecule has 2 aromatic heterocycles. The van der Waals surface area contributed by atoms with Gasteiger partial charge in [-0.25, -0.2) is 9.97 Å². The van der Waals surface area contributed by atoms with Crippen LogP contribution in [0, 0.1) is 0 Å². The third kappa shape index (κ3) is 3.92. The second kappa shape index (κ2) is 9.58. The highest BCUT2D eigenvalue weighted by atomic mass is 32.1. The smallest absolute Gasteiger partial charge is 0.197 e. The molecule has 1 aliphatic rings. The molecule has 0 saturated carbocycles. The second-order valence-corrected chi connectivity index (χ2v) is 11.2. The molecule has 0 radical (unpaired) electrons. The van der Waals surface area contributed by atoms with Gasteiger partial charge in [0, 0.05) is 22.4 Å². The lowest BCUT2D eigenvalue weighted by atomic mass is 10.0. The molecule has 5 aromatic carbocycles. The van der Waals surface area contributed by atoms with Crippen LogP contribution < -0.4 is 0 Å². The van der Waals surface area contributed by atoms with Gasteiger partial charge in [0.1, 0.15) is 10.8 Å². The molecule has 8 rings (SSSR count). The Morgan fingerprint density at radius 1 is 0.595 bits per heavy atom. The van der Waals surface area contributed by atoms with Crippen LogP contribution in [0.15, 0.2) is 127 Å². The van der Waals surface area contributed by atoms with Crippen LogP contribution in [0.2, 0.25) is 0 Å². The van der Waals surface area contributed by atoms with E-state index in [0.29, 0.717) is 22.6 Å². The number of hydrogen-bond acceptors (Lipinski definition) is 5. The van der Waals surface area contributed by atoms with Crippen molar-refractivity contribution in [1.82, 2.24) is 14.5 Å². The number of imidazole rings is 1. The summed E-state index contributed by atoms with van der Waals surface area (Å²) in [7, 11) is 0. The molecule has 0 saturated heterocycles. The fourth-order valence-corrected chi connectivity index (χ4v) is 6.48. The van der Waals surface area contributed by atoms with Gasteiger partial charge < -0.3 is 0 Å². The van der Waals surface area contributed by atoms with Crippen molar-refractivity contribution in [3.63, 3.8) is 0 Å². The first kappa shape index (κ1) is 24.3. The van der Waals surface area contributed by atoms with E-state index in [1.54, 1.807) is 6.08 Å². The zero-order valence-electron chi connectivity index (χ0n) is 22.2. The Morgan fingerprint density at radius 2 is 1.14 bits per heavy atom. The predicted molar refractivity (Wildman–Crippen MR) is 168 cm³/mol. The summed E-state index contributed by atoms with van der Waals surface area (Å²) >= 11 is 1.49. The first-order valence-electron chi connectivity index (χ1n) is 13.6. The Balaban J connectivity index is 1.23. The number of ketones is 2. The summed E-state index contributed by atoms with van der Waals surface area (Å²) in [6.45, 7) is 0. The molecular formula is C36H21N3O2S. The summed E-state index contributed by atoms with van der Waals surface area (Å²) < 4.78 is 1.92. The lowest BCUT2D eigenvalue weighted by Gasteiger charge is -2.06. The van der Waals surface area contributed by atoms with Gasteiger partial charge in [-0.3, -0.25) is 14.2 Å². The number of benzene rings is 5. The van der Waals surface area contributed by atoms with Gasteiger partial charge in [-0.15, -0.1) is 0 Å². The Labute approximate surface area is 245 Å². The molecule has 0 unspecified atom stereocenters. The average molecular weight is 560 g/mol. The highest BCUT2D eigenvalue weighted by Crippen LogP contribution is 2.36. The molecule has 0 amide bonds. The van der Waals surface area contributed by atoms with Gasteiger partial charge >= 0.3 is 0 Å². The topological polar surface area (TPSA) is 64.8 Å². The van der Waals surface area contributed by atoms with E-state index in [1.807, 2.05) is 89.5 Å². The van der Waals surface area contributed by atoms with Gasteiger partial charge in [0.2, 0.25) is 0 Å². The van der Waals surface area contributed by atoms with E-state index < -0.39 is 0 Å². The quantitative estimate of drug-likeness (QED) is 0.160. The van der Waals surface area contributed by atoms with Gasteiger partial charge in [0.05, 0.1) is 5.57 Å². The number of carbonyl (C=O) groups excluding carboxylic acids is 2. The summed E-state index contributed by atoms with van der Waals surface area (Å²) in [4.78, 5) is 37.6. The normalized spacial score (nSPS) is 12.8. The summed E-state index contributed by atoms with van der Waals surface area (Å²) in [5, 5.41) is 2.71. The second-order valence-electron chi connectivity index (χ2n) is 10.2. The van der Waals surface area contributed by atoms with Crippen LogP contribution in [0.4, 0.5) is 0 Å². The Hall–Kier alpha value is -5.46. The van der Waals surface area contributed by atoms with Crippen molar-refractivity contribution in [1.29, 1.82) is 0 Å². The number of hydrogen-bond donors (Lipinski definition) is 0. The maximum Gasteiger partial charge on any atom is 0.197 e. The molecule has 42 heavy (non-hydrogen) atoms. The SMILES string of the molecule is O=C1C(=Cc2nc3sc(-c4ccc(-c5ccccc5)cc4)nc3n2-c2ccccc2)C(=O)c2cc3ccccc3cc21. The third-order valence-electron chi connectivity index (χ3n) is 7.64. The fraction of sp³-hybridized carbons (Fsp3) is 0. The molecular weight excluding hydrogens is 538 g/mol. The van der Waals surface area contributed by atoms with Crippen molar-refractivity contribution in [2.45, 2.75) is 0 Å². The minimum Gasteiger partial charge on any atom is -0.288 e. The van der Waals surface area contributed by atoms with E-state index in [2.05, 4.69) is 36.4 Å². The average Bonchev–Trinajstić information content (AvgIpc) is 3.67. The largest absolute Gasteiger partial charge is 0.288 e. The summed E-state index contributed by atoms with van der Waals surface area (Å²) in [6, 6.07) is 39.8. The number of rotatable bonds is 4. The molecule has 7 aromatic rings. The van der Waals surface area contributed by atoms with Gasteiger partial charge in [-0.2, -0.15) is 0 Å². The summed E-state index contributed by atoms with van der Waals surface area (Å²) in [6.07, 6.45) is 1.62. The molecule has 5 nitrogen and oxygen atoms in total. The Bertz CT molecular complexity index is 2150. The number of Topliss-reactive ketones (excluding diaryl/α,β-unsaturated/α-hetero) is 2. The molecule has 198 valence electrons. The van der Waals surface area contributed by atoms with Crippen molar-refractivity contribution in [2.75, 3.05) is 0 Å². The number of nitrogens with zero attached hydrogens (tertiary/aromatic N) is 3. The zero-order chi connectivity index (χ0) is 28.2. The standard InChI is InChI=1S/C36H21N3O2S/c40-32-28-19-25-11-7-8-12-26(25)20-29(28)33(41)30(32)21-31-37-36-34(39(31)27-13-5-2-6-14-27)38-35(42-36)24-17-15-23(16-18-24)22-9-3-1-4-10-22/h1-21H. The number of fused-ring (bicyclic) bond motifs is 3. The number of para-hydroxylation sites is 1. The maximum atomic E-state index is 13.5. The molecule has 2 heterocycles. The minimum atomic E-state index is -0.279. The van der Waals surface area contributed by atoms with Crippen LogP contribution in [0.25, 0.3) is 54.7 Å². The molecule has 0 aliphatic heterocycles. The van der Waals surface area contributed by atoms with Crippen LogP contribution in [-0.4, -0.2) is 26.1 Å². The third-order valence-corrected chi connectivity index (χ3v) is 8.63. The number of thiazole rings is 1. The van der Waals surface area contributed by atoms with E-state index in [4.69, 9.17) is 9.97 Å². The van der Waals surface area contributed by atoms with Gasteiger partial charge in [0.15, 0.2) is 22.0 Å². The van der Waals surface area contributed by atoms with Gasteiger partial charge in [-0.05, 0) is 52.2 Å². The first-order chi connectivity index (χ1) is 20.6. The monoisotopic (exact) mass is 559 g/mol. The van der Waals surface area contributed by atoms with Crippen LogP contribution >= 0.6 is 11.3 Å². The van der Waals surface area contributed by atoms with Crippen molar-refractivity contribution in [2.24, 2.45) is 0 Å². The predicted octanol–water partition coefficient (Wildman–Crippen LogP) is 8.43. The molecule has 0 fully saturated rings. The van der Waals surface area contributed by atoms with Gasteiger partial charge in [-0.1, -0.05) is 108 Å². The molecule has 0 atom stereocenters. The van der Waals surface area contributed by atoms with Crippen molar-refractivity contribution in [3.8, 4) is 27.4 Å². The van der Waals surface area contributed by atoms with E-state index in [9.17, 15) is 9.59 Å². The van der Waals surface area contributed by atoms with E-state index in [-0.39, 0.29) is 17.1 Å². The highest BCUT2D eigenvalue weighted by molar-refractivity contribution is 7.21. The number of allylic oxidation sites excluding steroid dienone is 1. The molecule has 1 aliphatic carbocycles. The van der Waals surface area contributed by atoms with E-state index in [0.717, 1.165) is 43.0 Å². The summed E-state index contributed by atoms with van der Waals surface area (Å²) in [5.41, 5.74) is 5.82. The molecule has 0 spiro atoms. The molecule has 0 N–H and O–H groups in total. The van der Waals surface area contributed by atoms with Gasteiger partial charge in [0.25, 0.3) is 0 Å². The van der Waals surface area contributed by atoms with E-state index in [1.165, 1.54) is 11.3 Å².